The molecule has 13 heteroatoms. The number of benzene rings is 1. The molecule has 0 unspecified atom stereocenters. The van der Waals surface area contributed by atoms with Gasteiger partial charge in [-0.3, -0.25) is 0 Å². The summed E-state index contributed by atoms with van der Waals surface area (Å²) in [5.74, 6) is -0.268. The molecule has 37 heavy (non-hydrogen) atoms. The lowest BCUT2D eigenvalue weighted by molar-refractivity contribution is 0.0410. The van der Waals surface area contributed by atoms with E-state index in [0.717, 1.165) is 22.6 Å². The number of aromatic nitrogens is 6. The Kier molecular flexibility index (Phi) is 6.63. The van der Waals surface area contributed by atoms with E-state index in [9.17, 15) is 9.18 Å². The molecule has 1 N–H and O–H groups in total. The molecule has 5 aromatic rings. The van der Waals surface area contributed by atoms with Gasteiger partial charge in [0.2, 0.25) is 5.65 Å². The van der Waals surface area contributed by atoms with Gasteiger partial charge in [0.1, 0.15) is 45.0 Å². The van der Waals surface area contributed by atoms with Crippen molar-refractivity contribution >= 4 is 50.2 Å². The monoisotopic (exact) mass is 523 g/mol. The van der Waals surface area contributed by atoms with E-state index in [1.54, 1.807) is 31.3 Å². The number of ether oxygens (including phenoxy) is 2. The summed E-state index contributed by atoms with van der Waals surface area (Å²) in [6.45, 7) is 2.82. The predicted octanol–water partition coefficient (Wildman–Crippen LogP) is 4.09. The summed E-state index contributed by atoms with van der Waals surface area (Å²) in [6, 6.07) is 7.65. The number of fused-ring (bicyclic) bond motifs is 2. The van der Waals surface area contributed by atoms with Crippen LogP contribution in [0.2, 0.25) is 0 Å². The Morgan fingerprint density at radius 1 is 1.27 bits per heavy atom. The van der Waals surface area contributed by atoms with E-state index in [0.29, 0.717) is 62.3 Å². The molecule has 1 atom stereocenters. The summed E-state index contributed by atoms with van der Waals surface area (Å²) in [7, 11) is 0. The topological polar surface area (TPSA) is 126 Å². The van der Waals surface area contributed by atoms with Gasteiger partial charge in [-0.2, -0.15) is 0 Å². The van der Waals surface area contributed by atoms with Gasteiger partial charge >= 0.3 is 5.97 Å². The van der Waals surface area contributed by atoms with E-state index >= 15 is 0 Å². The minimum atomic E-state index is -0.633. The van der Waals surface area contributed by atoms with Crippen molar-refractivity contribution in [1.29, 1.82) is 0 Å². The quantitative estimate of drug-likeness (QED) is 0.325. The van der Waals surface area contributed by atoms with Crippen molar-refractivity contribution in [1.82, 2.24) is 30.1 Å². The highest BCUT2D eigenvalue weighted by atomic mass is 32.1. The molecular weight excluding hydrogens is 501 g/mol. The number of pyridine rings is 1. The molecule has 0 radical (unpaired) electrons. The van der Waals surface area contributed by atoms with Gasteiger partial charge in [-0.15, -0.1) is 16.4 Å². The van der Waals surface area contributed by atoms with Crippen LogP contribution in [-0.4, -0.2) is 55.4 Å². The third kappa shape index (κ3) is 4.66. The van der Waals surface area contributed by atoms with E-state index in [1.165, 1.54) is 18.5 Å². The van der Waals surface area contributed by atoms with Gasteiger partial charge in [-0.05, 0) is 46.8 Å². The molecule has 190 valence electrons. The molecule has 0 spiro atoms. The fourth-order valence-corrected chi connectivity index (χ4v) is 4.92. The number of aryl methyl sites for hydroxylation is 1. The third-order valence-electron chi connectivity index (χ3n) is 5.64. The molecule has 0 saturated carbocycles. The zero-order chi connectivity index (χ0) is 24.6. The number of thiophene rings is 1. The van der Waals surface area contributed by atoms with Crippen LogP contribution >= 0.6 is 11.3 Å². The van der Waals surface area contributed by atoms with E-state index in [2.05, 4.69) is 30.6 Å². The lowest BCUT2D eigenvalue weighted by Gasteiger charge is -2.17. The van der Waals surface area contributed by atoms with Crippen LogP contribution in [0.1, 0.15) is 29.1 Å². The second-order valence-electron chi connectivity index (χ2n) is 8.01. The van der Waals surface area contributed by atoms with Crippen molar-refractivity contribution in [2.75, 3.05) is 18.5 Å². The summed E-state index contributed by atoms with van der Waals surface area (Å²) >= 11 is 1.16. The Bertz CT molecular complexity index is 1600. The zero-order valence-electron chi connectivity index (χ0n) is 18.8. The van der Waals surface area contributed by atoms with Gasteiger partial charge in [0, 0.05) is 18.7 Å². The fraction of sp³-hybridized carbons (Fsp3) is 0.250. The van der Waals surface area contributed by atoms with Crippen LogP contribution < -0.4 is 14.9 Å². The normalized spacial score (nSPS) is 15.0. The second kappa shape index (κ2) is 10.0. The maximum Gasteiger partial charge on any atom is 0.376 e. The van der Waals surface area contributed by atoms with Crippen molar-refractivity contribution in [3.8, 4) is 5.75 Å². The molecule has 1 aliphatic rings. The minimum Gasteiger partial charge on any atom is -0.486 e. The van der Waals surface area contributed by atoms with Crippen LogP contribution in [0.15, 0.2) is 42.9 Å². The van der Waals surface area contributed by atoms with Crippen molar-refractivity contribution in [2.24, 2.45) is 0 Å². The Morgan fingerprint density at radius 3 is 3.00 bits per heavy atom. The molecule has 1 aliphatic heterocycles. The van der Waals surface area contributed by atoms with Crippen LogP contribution in [0.5, 0.6) is 5.75 Å². The maximum absolute atomic E-state index is 14.0. The Balaban J connectivity index is 0.00000280. The molecule has 11 nitrogen and oxygen atoms in total. The number of anilines is 2. The first-order valence-electron chi connectivity index (χ1n) is 11.0. The Labute approximate surface area is 214 Å². The Morgan fingerprint density at radius 2 is 2.16 bits per heavy atom. The predicted molar refractivity (Wildman–Crippen MR) is 135 cm³/mol. The van der Waals surface area contributed by atoms with Gasteiger partial charge in [0.25, 0.3) is 0 Å². The molecule has 6 rings (SSSR count). The highest BCUT2D eigenvalue weighted by Crippen LogP contribution is 2.37. The highest BCUT2D eigenvalue weighted by Gasteiger charge is 2.24. The summed E-state index contributed by atoms with van der Waals surface area (Å²) in [5, 5.41) is 11.6. The van der Waals surface area contributed by atoms with E-state index in [4.69, 9.17) is 14.3 Å². The van der Waals surface area contributed by atoms with Crippen LogP contribution in [0.4, 0.5) is 15.9 Å². The number of hydrogen-bond donors (Lipinski definition) is 1. The summed E-state index contributed by atoms with van der Waals surface area (Å²) < 4.78 is 25.3. The number of nitrogens with one attached hydrogen (secondary N) is 1. The van der Waals surface area contributed by atoms with E-state index in [-0.39, 0.29) is 13.5 Å². The van der Waals surface area contributed by atoms with Crippen LogP contribution in [-0.2, 0) is 4.74 Å². The molecule has 0 bridgehead atoms. The SMILES string of the molecule is C.Cc1c(C(=O)On2nnc3cccnc32)sc2ncnc(Nc3ccc(F)cc3O[C@@H]3CCOC3)c12. The third-order valence-corrected chi connectivity index (χ3v) is 6.82. The van der Waals surface area contributed by atoms with Crippen LogP contribution in [0, 0.1) is 12.7 Å². The number of hydrogen-bond acceptors (Lipinski definition) is 11. The summed E-state index contributed by atoms with van der Waals surface area (Å²) in [4.78, 5) is 33.2. The van der Waals surface area contributed by atoms with Crippen molar-refractivity contribution in [3.63, 3.8) is 0 Å². The number of carbonyl (C=O) groups excluding carboxylic acids is 1. The van der Waals surface area contributed by atoms with Crippen LogP contribution in [0.25, 0.3) is 21.4 Å². The lowest BCUT2D eigenvalue weighted by atomic mass is 10.2. The average molecular weight is 524 g/mol. The summed E-state index contributed by atoms with van der Waals surface area (Å²) in [5.41, 5.74) is 1.97. The second-order valence-corrected chi connectivity index (χ2v) is 9.01. The largest absolute Gasteiger partial charge is 0.486 e. The van der Waals surface area contributed by atoms with Gasteiger partial charge in [-0.1, -0.05) is 7.43 Å². The van der Waals surface area contributed by atoms with Crippen molar-refractivity contribution < 1.29 is 23.5 Å². The smallest absolute Gasteiger partial charge is 0.376 e. The zero-order valence-corrected chi connectivity index (χ0v) is 19.7. The fourth-order valence-electron chi connectivity index (χ4n) is 3.90. The molecular formula is C24H22FN7O4S. The molecule has 0 amide bonds. The van der Waals surface area contributed by atoms with Gasteiger partial charge < -0.3 is 19.6 Å². The lowest BCUT2D eigenvalue weighted by Crippen LogP contribution is -2.21. The van der Waals surface area contributed by atoms with Gasteiger partial charge in [0.15, 0.2) is 0 Å². The standard InChI is InChI=1S/C23H18FN7O4S.CH4/c1-12-18-20(28-15-5-4-13(24)9-17(15)34-14-6-8-33-10-14)26-11-27-22(18)36-19(12)23(32)35-31-21-16(29-30-31)3-2-7-25-21;/h2-5,7,9,11,14H,6,8,10H2,1H3,(H,26,27,28);1H4/t14-;/m1./s1. The molecule has 0 aliphatic carbocycles. The molecule has 1 fully saturated rings. The average Bonchev–Trinajstić information content (AvgIpc) is 3.61. The van der Waals surface area contributed by atoms with E-state index in [1.807, 2.05) is 0 Å². The number of carbonyl (C=O) groups is 1. The van der Waals surface area contributed by atoms with E-state index < -0.39 is 11.8 Å². The first-order valence-corrected chi connectivity index (χ1v) is 11.8. The maximum atomic E-state index is 14.0. The first-order chi connectivity index (χ1) is 17.6. The first kappa shape index (κ1) is 24.5. The van der Waals surface area contributed by atoms with Crippen LogP contribution in [0.3, 0.4) is 0 Å². The number of rotatable bonds is 6. The van der Waals surface area contributed by atoms with Crippen molar-refractivity contribution in [3.05, 3.63) is 59.1 Å². The van der Waals surface area contributed by atoms with Gasteiger partial charge in [0.05, 0.1) is 24.3 Å². The molecule has 4 aromatic heterocycles. The highest BCUT2D eigenvalue weighted by molar-refractivity contribution is 7.20. The number of halogens is 1. The van der Waals surface area contributed by atoms with Gasteiger partial charge in [-0.25, -0.2) is 24.1 Å². The number of nitrogens with zero attached hydrogens (tertiary/aromatic N) is 6. The molecule has 5 heterocycles. The summed E-state index contributed by atoms with van der Waals surface area (Å²) in [6.07, 6.45) is 3.50. The Hall–Kier alpha value is -4.23. The molecule has 1 aromatic carbocycles. The van der Waals surface area contributed by atoms with Crippen molar-refractivity contribution in [2.45, 2.75) is 26.9 Å². The molecule has 1 saturated heterocycles. The minimum absolute atomic E-state index is 0.